The molecule has 19 heavy (non-hydrogen) atoms. The van der Waals surface area contributed by atoms with Gasteiger partial charge in [-0.3, -0.25) is 0 Å². The number of benzene rings is 1. The van der Waals surface area contributed by atoms with Gasteiger partial charge in [-0.15, -0.1) is 11.6 Å². The third kappa shape index (κ3) is 3.64. The molecule has 1 aliphatic rings. The van der Waals surface area contributed by atoms with Crippen molar-refractivity contribution in [3.63, 3.8) is 0 Å². The number of aromatic hydroxyl groups is 1. The molecule has 1 aromatic carbocycles. The Balaban J connectivity index is 2.12. The molecule has 0 saturated heterocycles. The maximum atomic E-state index is 10.2. The second kappa shape index (κ2) is 6.15. The number of phenols is 1. The van der Waals surface area contributed by atoms with Crippen LogP contribution in [0.4, 0.5) is 0 Å². The average Bonchev–Trinajstić information content (AvgIpc) is 2.48. The molecule has 3 heteroatoms. The number of rotatable bonds is 2. The highest BCUT2D eigenvalue weighted by atomic mass is 35.5. The van der Waals surface area contributed by atoms with Crippen LogP contribution in [0.15, 0.2) is 12.1 Å². The van der Waals surface area contributed by atoms with Gasteiger partial charge in [0.15, 0.2) is 0 Å². The third-order valence-corrected chi connectivity index (χ3v) is 4.59. The summed E-state index contributed by atoms with van der Waals surface area (Å²) in [6, 6.07) is 4.06. The molecule has 3 atom stereocenters. The summed E-state index contributed by atoms with van der Waals surface area (Å²) in [5.74, 6) is 0.869. The Morgan fingerprint density at radius 1 is 1.26 bits per heavy atom. The molecule has 1 saturated carbocycles. The van der Waals surface area contributed by atoms with Crippen molar-refractivity contribution >= 4 is 11.6 Å². The fourth-order valence-electron chi connectivity index (χ4n) is 3.09. The van der Waals surface area contributed by atoms with Crippen molar-refractivity contribution < 1.29 is 10.2 Å². The molecular formula is C16H23ClO2. The molecule has 106 valence electrons. The summed E-state index contributed by atoms with van der Waals surface area (Å²) in [5, 5.41) is 19.8. The lowest BCUT2D eigenvalue weighted by molar-refractivity contribution is 0.159. The van der Waals surface area contributed by atoms with Crippen LogP contribution in [-0.4, -0.2) is 21.7 Å². The topological polar surface area (TPSA) is 40.5 Å². The van der Waals surface area contributed by atoms with Crippen molar-refractivity contribution in [3.8, 4) is 5.75 Å². The Hall–Kier alpha value is -0.730. The van der Waals surface area contributed by atoms with Gasteiger partial charge < -0.3 is 10.2 Å². The summed E-state index contributed by atoms with van der Waals surface area (Å²) in [7, 11) is 0. The lowest BCUT2D eigenvalue weighted by atomic mass is 9.90. The molecule has 0 bridgehead atoms. The van der Waals surface area contributed by atoms with Crippen LogP contribution in [0, 0.1) is 19.8 Å². The van der Waals surface area contributed by atoms with Crippen molar-refractivity contribution in [1.82, 2.24) is 0 Å². The first-order valence-electron chi connectivity index (χ1n) is 7.08. The first-order valence-corrected chi connectivity index (χ1v) is 7.52. The largest absolute Gasteiger partial charge is 0.507 e. The van der Waals surface area contributed by atoms with E-state index in [1.807, 2.05) is 13.0 Å². The molecule has 0 radical (unpaired) electrons. The van der Waals surface area contributed by atoms with Crippen LogP contribution in [0.5, 0.6) is 5.75 Å². The number of phenolic OH excluding ortho intramolecular Hbond substituents is 1. The maximum Gasteiger partial charge on any atom is 0.121 e. The van der Waals surface area contributed by atoms with E-state index in [9.17, 15) is 10.2 Å². The van der Waals surface area contributed by atoms with Crippen LogP contribution in [0.3, 0.4) is 0 Å². The number of aliphatic hydroxyl groups is 1. The zero-order valence-electron chi connectivity index (χ0n) is 11.7. The highest BCUT2D eigenvalue weighted by Crippen LogP contribution is 2.33. The Morgan fingerprint density at radius 3 is 2.74 bits per heavy atom. The number of halogens is 1. The van der Waals surface area contributed by atoms with Gasteiger partial charge in [0.1, 0.15) is 5.75 Å². The Morgan fingerprint density at radius 2 is 2.00 bits per heavy atom. The molecule has 0 heterocycles. The molecule has 2 rings (SSSR count). The van der Waals surface area contributed by atoms with Gasteiger partial charge in [-0.05, 0) is 56.6 Å². The van der Waals surface area contributed by atoms with Crippen molar-refractivity contribution in [2.45, 2.75) is 57.4 Å². The minimum absolute atomic E-state index is 0.152. The van der Waals surface area contributed by atoms with Crippen LogP contribution in [0.1, 0.15) is 42.4 Å². The number of hydrogen-bond acceptors (Lipinski definition) is 2. The van der Waals surface area contributed by atoms with Gasteiger partial charge >= 0.3 is 0 Å². The quantitative estimate of drug-likeness (QED) is 0.641. The van der Waals surface area contributed by atoms with E-state index in [0.29, 0.717) is 11.7 Å². The van der Waals surface area contributed by atoms with E-state index in [1.165, 1.54) is 5.56 Å². The molecule has 0 aliphatic heterocycles. The molecule has 3 unspecified atom stereocenters. The molecular weight excluding hydrogens is 260 g/mol. The van der Waals surface area contributed by atoms with Crippen molar-refractivity contribution in [2.24, 2.45) is 5.92 Å². The standard InChI is InChI=1S/C16H23ClO2/c1-10-6-11(2)16(19)13(7-10)8-12-4-3-5-15(18)14(17)9-12/h6-7,12,14-15,18-19H,3-5,8-9H2,1-2H3. The lowest BCUT2D eigenvalue weighted by Crippen LogP contribution is -2.20. The summed E-state index contributed by atoms with van der Waals surface area (Å²) >= 11 is 6.22. The number of hydrogen-bond donors (Lipinski definition) is 2. The van der Waals surface area contributed by atoms with E-state index in [1.54, 1.807) is 0 Å². The molecule has 1 fully saturated rings. The minimum Gasteiger partial charge on any atom is -0.507 e. The van der Waals surface area contributed by atoms with Crippen LogP contribution in [0.25, 0.3) is 0 Å². The molecule has 0 aromatic heterocycles. The summed E-state index contributed by atoms with van der Waals surface area (Å²) in [4.78, 5) is 0. The summed E-state index contributed by atoms with van der Waals surface area (Å²) in [6.07, 6.45) is 4.19. The van der Waals surface area contributed by atoms with Gasteiger partial charge in [0, 0.05) is 0 Å². The first kappa shape index (κ1) is 14.7. The number of alkyl halides is 1. The molecule has 0 amide bonds. The predicted molar refractivity (Wildman–Crippen MR) is 78.9 cm³/mol. The van der Waals surface area contributed by atoms with Crippen molar-refractivity contribution in [2.75, 3.05) is 0 Å². The van der Waals surface area contributed by atoms with Gasteiger partial charge in [0.25, 0.3) is 0 Å². The third-order valence-electron chi connectivity index (χ3n) is 4.12. The smallest absolute Gasteiger partial charge is 0.121 e. The summed E-state index contributed by atoms with van der Waals surface area (Å²) in [6.45, 7) is 3.99. The van der Waals surface area contributed by atoms with E-state index in [4.69, 9.17) is 11.6 Å². The fraction of sp³-hybridized carbons (Fsp3) is 0.625. The molecule has 1 aliphatic carbocycles. The minimum atomic E-state index is -0.375. The zero-order valence-corrected chi connectivity index (χ0v) is 12.5. The highest BCUT2D eigenvalue weighted by molar-refractivity contribution is 6.21. The Labute approximate surface area is 120 Å². The fourth-order valence-corrected chi connectivity index (χ4v) is 3.47. The maximum absolute atomic E-state index is 10.2. The van der Waals surface area contributed by atoms with Crippen molar-refractivity contribution in [3.05, 3.63) is 28.8 Å². The van der Waals surface area contributed by atoms with E-state index in [2.05, 4.69) is 13.0 Å². The molecule has 0 spiro atoms. The van der Waals surface area contributed by atoms with Gasteiger partial charge in [-0.2, -0.15) is 0 Å². The molecule has 2 nitrogen and oxygen atoms in total. The van der Waals surface area contributed by atoms with Crippen LogP contribution in [0.2, 0.25) is 0 Å². The SMILES string of the molecule is Cc1cc(C)c(O)c(CC2CCCC(O)C(Cl)C2)c1. The first-order chi connectivity index (χ1) is 8.97. The van der Waals surface area contributed by atoms with Gasteiger partial charge in [-0.1, -0.05) is 24.1 Å². The second-order valence-corrected chi connectivity index (χ2v) is 6.47. The lowest BCUT2D eigenvalue weighted by Gasteiger charge is -2.19. The number of aryl methyl sites for hydroxylation is 2. The van der Waals surface area contributed by atoms with E-state index < -0.39 is 0 Å². The Bertz CT molecular complexity index is 445. The van der Waals surface area contributed by atoms with E-state index in [-0.39, 0.29) is 11.5 Å². The van der Waals surface area contributed by atoms with E-state index in [0.717, 1.165) is 43.2 Å². The molecule has 1 aromatic rings. The zero-order chi connectivity index (χ0) is 14.0. The van der Waals surface area contributed by atoms with Crippen LogP contribution in [-0.2, 0) is 6.42 Å². The monoisotopic (exact) mass is 282 g/mol. The van der Waals surface area contributed by atoms with Gasteiger partial charge in [0.05, 0.1) is 11.5 Å². The van der Waals surface area contributed by atoms with Gasteiger partial charge in [-0.25, -0.2) is 0 Å². The van der Waals surface area contributed by atoms with Crippen LogP contribution >= 0.6 is 11.6 Å². The Kier molecular flexibility index (Phi) is 4.75. The normalized spacial score (nSPS) is 28.1. The van der Waals surface area contributed by atoms with Gasteiger partial charge in [0.2, 0.25) is 0 Å². The van der Waals surface area contributed by atoms with E-state index >= 15 is 0 Å². The summed E-state index contributed by atoms with van der Waals surface area (Å²) in [5.41, 5.74) is 3.13. The highest BCUT2D eigenvalue weighted by Gasteiger charge is 2.26. The van der Waals surface area contributed by atoms with Crippen molar-refractivity contribution in [1.29, 1.82) is 0 Å². The second-order valence-electron chi connectivity index (χ2n) is 5.91. The predicted octanol–water partition coefficient (Wildman–Crippen LogP) is 3.71. The average molecular weight is 283 g/mol. The summed E-state index contributed by atoms with van der Waals surface area (Å²) < 4.78 is 0. The van der Waals surface area contributed by atoms with Crippen LogP contribution < -0.4 is 0 Å². The molecule has 2 N–H and O–H groups in total. The number of aliphatic hydroxyl groups excluding tert-OH is 1.